The number of para-hydroxylation sites is 1. The molecule has 3 aliphatic rings. The van der Waals surface area contributed by atoms with Crippen LogP contribution in [0.5, 0.6) is 5.75 Å². The van der Waals surface area contributed by atoms with Crippen molar-refractivity contribution in [2.45, 2.75) is 25.4 Å². The zero-order valence-electron chi connectivity index (χ0n) is 20.7. The lowest BCUT2D eigenvalue weighted by Gasteiger charge is -2.52. The van der Waals surface area contributed by atoms with E-state index >= 15 is 0 Å². The largest absolute Gasteiger partial charge is 1.00 e. The Kier molecular flexibility index (Phi) is 8.98. The Hall–Kier alpha value is -2.77. The molecule has 3 aromatic rings. The van der Waals surface area contributed by atoms with E-state index in [-0.39, 0.29) is 28.9 Å². The van der Waals surface area contributed by atoms with Crippen molar-refractivity contribution in [3.8, 4) is 5.75 Å². The van der Waals surface area contributed by atoms with Crippen LogP contribution in [-0.4, -0.2) is 43.2 Å². The van der Waals surface area contributed by atoms with Crippen LogP contribution in [0.2, 0.25) is 0 Å². The third-order valence-corrected chi connectivity index (χ3v) is 7.80. The van der Waals surface area contributed by atoms with Gasteiger partial charge in [-0.2, -0.15) is 0 Å². The summed E-state index contributed by atoms with van der Waals surface area (Å²) in [7, 11) is 0. The summed E-state index contributed by atoms with van der Waals surface area (Å²) in [5.41, 5.74) is 0.980. The number of rotatable bonds is 9. The summed E-state index contributed by atoms with van der Waals surface area (Å²) < 4.78 is 40.8. The maximum atomic E-state index is 14.0. The monoisotopic (exact) mass is 571 g/mol. The molecule has 0 aliphatic carbocycles. The van der Waals surface area contributed by atoms with Crippen LogP contribution in [0.1, 0.15) is 36.5 Å². The maximum absolute atomic E-state index is 14.0. The second-order valence-electron chi connectivity index (χ2n) is 10.1. The minimum Gasteiger partial charge on any atom is -1.00 e. The highest BCUT2D eigenvalue weighted by Crippen LogP contribution is 2.40. The van der Waals surface area contributed by atoms with Crippen LogP contribution >= 0.6 is 0 Å². The number of benzene rings is 3. The Morgan fingerprint density at radius 2 is 1.51 bits per heavy atom. The summed E-state index contributed by atoms with van der Waals surface area (Å²) in [5.74, 6) is 0.444. The molecule has 0 unspecified atom stereocenters. The topological polar surface area (TPSA) is 35.5 Å². The SMILES string of the molecule is O=C(C[C@H]1C[N+]2(CCOc3ccccc3)CCC1CC2)OC(c1cccc(F)c1)c1cccc(F)c1.[Br-]. The average molecular weight is 572 g/mol. The Labute approximate surface area is 227 Å². The van der Waals surface area contributed by atoms with E-state index in [2.05, 4.69) is 0 Å². The molecule has 0 amide bonds. The fraction of sp³-hybridized carbons (Fsp3) is 0.367. The van der Waals surface area contributed by atoms with Gasteiger partial charge in [0.15, 0.2) is 6.10 Å². The van der Waals surface area contributed by atoms with E-state index < -0.39 is 17.7 Å². The average Bonchev–Trinajstić information content (AvgIpc) is 2.88. The van der Waals surface area contributed by atoms with Crippen LogP contribution < -0.4 is 21.7 Å². The van der Waals surface area contributed by atoms with E-state index in [0.29, 0.717) is 30.1 Å². The van der Waals surface area contributed by atoms with Crippen LogP contribution in [0.3, 0.4) is 0 Å². The van der Waals surface area contributed by atoms with Gasteiger partial charge in [-0.3, -0.25) is 4.79 Å². The number of hydrogen-bond acceptors (Lipinski definition) is 3. The van der Waals surface area contributed by atoms with Gasteiger partial charge in [0.25, 0.3) is 0 Å². The lowest BCUT2D eigenvalue weighted by atomic mass is 9.75. The number of carbonyl (C=O) groups excluding carboxylic acids is 1. The number of ether oxygens (including phenoxy) is 2. The van der Waals surface area contributed by atoms with Gasteiger partial charge >= 0.3 is 5.97 Å². The van der Waals surface area contributed by atoms with E-state index in [4.69, 9.17) is 9.47 Å². The molecule has 0 aromatic heterocycles. The van der Waals surface area contributed by atoms with Crippen LogP contribution in [0.4, 0.5) is 8.78 Å². The smallest absolute Gasteiger partial charge is 0.307 e. The van der Waals surface area contributed by atoms with E-state index in [1.165, 1.54) is 24.3 Å². The van der Waals surface area contributed by atoms with E-state index in [9.17, 15) is 13.6 Å². The van der Waals surface area contributed by atoms with Crippen LogP contribution in [0, 0.1) is 23.5 Å². The molecule has 1 atom stereocenters. The van der Waals surface area contributed by atoms with Gasteiger partial charge in [-0.1, -0.05) is 42.5 Å². The normalized spacial score (nSPS) is 22.4. The third-order valence-electron chi connectivity index (χ3n) is 7.80. The molecule has 2 bridgehead atoms. The molecule has 0 spiro atoms. The van der Waals surface area contributed by atoms with Gasteiger partial charge in [0, 0.05) is 18.8 Å². The number of fused-ring (bicyclic) bond motifs is 3. The molecule has 3 aliphatic heterocycles. The fourth-order valence-electron chi connectivity index (χ4n) is 5.92. The number of piperidine rings is 3. The standard InChI is InChI=1S/C30H32F2NO3.BrH/c31-26-8-4-6-23(18-26)30(24-7-5-9-27(32)19-24)36-29(34)20-25-21-33(14-12-22(25)13-15-33)16-17-35-28-10-2-1-3-11-28;/h1-11,18-19,22,25,30H,12-17,20-21H2;1H/q+1;/p-1/t22?,25-,33?;/m0./s1. The Bertz CT molecular complexity index is 1140. The highest BCUT2D eigenvalue weighted by atomic mass is 79.9. The maximum Gasteiger partial charge on any atom is 0.307 e. The van der Waals surface area contributed by atoms with Gasteiger partial charge in [-0.15, -0.1) is 0 Å². The summed E-state index contributed by atoms with van der Waals surface area (Å²) in [6.07, 6.45) is 1.65. The first-order valence-corrected chi connectivity index (χ1v) is 12.7. The van der Waals surface area contributed by atoms with Crippen molar-refractivity contribution >= 4 is 5.97 Å². The van der Waals surface area contributed by atoms with Crippen molar-refractivity contribution in [3.05, 3.63) is 102 Å². The van der Waals surface area contributed by atoms with Crippen molar-refractivity contribution < 1.29 is 44.5 Å². The first-order valence-electron chi connectivity index (χ1n) is 12.7. The summed E-state index contributed by atoms with van der Waals surface area (Å²) in [4.78, 5) is 13.2. The summed E-state index contributed by atoms with van der Waals surface area (Å²) >= 11 is 0. The van der Waals surface area contributed by atoms with Gasteiger partial charge in [0.05, 0.1) is 26.1 Å². The van der Waals surface area contributed by atoms with E-state index in [1.807, 2.05) is 30.3 Å². The van der Waals surface area contributed by atoms with Crippen molar-refractivity contribution in [1.82, 2.24) is 0 Å². The molecule has 196 valence electrons. The minimum atomic E-state index is -0.854. The van der Waals surface area contributed by atoms with Gasteiger partial charge in [0.1, 0.15) is 30.5 Å². The lowest BCUT2D eigenvalue weighted by molar-refractivity contribution is -0.946. The molecule has 6 rings (SSSR count). The first-order chi connectivity index (χ1) is 17.5. The molecule has 0 radical (unpaired) electrons. The Morgan fingerprint density at radius 3 is 2.11 bits per heavy atom. The highest BCUT2D eigenvalue weighted by molar-refractivity contribution is 5.70. The number of esters is 1. The first kappa shape index (κ1) is 27.3. The second kappa shape index (κ2) is 12.2. The number of carbonyl (C=O) groups is 1. The minimum absolute atomic E-state index is 0. The molecule has 7 heteroatoms. The quantitative estimate of drug-likeness (QED) is 0.293. The summed E-state index contributed by atoms with van der Waals surface area (Å²) in [6, 6.07) is 21.7. The van der Waals surface area contributed by atoms with Crippen LogP contribution in [0.25, 0.3) is 0 Å². The van der Waals surface area contributed by atoms with Crippen LogP contribution in [-0.2, 0) is 9.53 Å². The number of halogens is 3. The molecule has 0 N–H and O–H groups in total. The van der Waals surface area contributed by atoms with E-state index in [1.54, 1.807) is 24.3 Å². The number of nitrogens with zero attached hydrogens (tertiary/aromatic N) is 1. The fourth-order valence-corrected chi connectivity index (χ4v) is 5.92. The van der Waals surface area contributed by atoms with E-state index in [0.717, 1.165) is 49.3 Å². The Balaban J connectivity index is 0.00000320. The van der Waals surface area contributed by atoms with Gasteiger partial charge in [-0.05, 0) is 53.4 Å². The molecule has 0 saturated carbocycles. The predicted octanol–water partition coefficient (Wildman–Crippen LogP) is 2.93. The van der Waals surface area contributed by atoms with Crippen molar-refractivity contribution in [1.29, 1.82) is 0 Å². The van der Waals surface area contributed by atoms with Crippen LogP contribution in [0.15, 0.2) is 78.9 Å². The molecular weight excluding hydrogens is 540 g/mol. The van der Waals surface area contributed by atoms with Gasteiger partial charge in [0.2, 0.25) is 0 Å². The van der Waals surface area contributed by atoms with Gasteiger partial charge in [-0.25, -0.2) is 8.78 Å². The van der Waals surface area contributed by atoms with Gasteiger partial charge < -0.3 is 30.9 Å². The van der Waals surface area contributed by atoms with Crippen molar-refractivity contribution in [3.63, 3.8) is 0 Å². The summed E-state index contributed by atoms with van der Waals surface area (Å²) in [5, 5.41) is 0. The molecule has 3 saturated heterocycles. The number of quaternary nitrogens is 1. The van der Waals surface area contributed by atoms with Crippen molar-refractivity contribution in [2.75, 3.05) is 32.8 Å². The Morgan fingerprint density at radius 1 is 0.892 bits per heavy atom. The molecule has 3 heterocycles. The zero-order valence-corrected chi connectivity index (χ0v) is 22.3. The molecule has 37 heavy (non-hydrogen) atoms. The molecule has 4 nitrogen and oxygen atoms in total. The molecule has 3 aromatic carbocycles. The molecular formula is C30H32BrF2NO3. The summed E-state index contributed by atoms with van der Waals surface area (Å²) in [6.45, 7) is 4.73. The predicted molar refractivity (Wildman–Crippen MR) is 133 cm³/mol. The zero-order chi connectivity index (χ0) is 25.0. The molecule has 3 fully saturated rings. The third kappa shape index (κ3) is 6.76. The van der Waals surface area contributed by atoms with Crippen molar-refractivity contribution in [2.24, 2.45) is 11.8 Å². The highest BCUT2D eigenvalue weighted by Gasteiger charge is 2.46. The lowest BCUT2D eigenvalue weighted by Crippen LogP contribution is -3.00. The number of hydrogen-bond donors (Lipinski definition) is 0. The second-order valence-corrected chi connectivity index (χ2v) is 10.1.